The largest absolute Gasteiger partial charge is 0.488 e. The van der Waals surface area contributed by atoms with Crippen molar-refractivity contribution in [2.24, 2.45) is 5.73 Å². The van der Waals surface area contributed by atoms with Crippen molar-refractivity contribution < 1.29 is 4.74 Å². The average molecular weight is 251 g/mol. The average Bonchev–Trinajstić information content (AvgIpc) is 2.62. The lowest BCUT2D eigenvalue weighted by Gasteiger charge is -2.10. The Morgan fingerprint density at radius 3 is 2.58 bits per heavy atom. The number of para-hydroxylation sites is 1. The zero-order valence-electron chi connectivity index (χ0n) is 10.8. The maximum absolute atomic E-state index is 5.91. The molecule has 2 aromatic rings. The second-order valence-corrected chi connectivity index (χ2v) is 4.64. The van der Waals surface area contributed by atoms with Gasteiger partial charge in [0.2, 0.25) is 0 Å². The van der Waals surface area contributed by atoms with E-state index in [1.807, 2.05) is 18.2 Å². The smallest absolute Gasteiger partial charge is 0.127 e. The van der Waals surface area contributed by atoms with E-state index in [2.05, 4.69) is 36.4 Å². The quantitative estimate of drug-likeness (QED) is 0.888. The molecule has 0 radical (unpaired) electrons. The molecular formula is C17H17NO. The van der Waals surface area contributed by atoms with Crippen molar-refractivity contribution in [3.8, 4) is 5.75 Å². The van der Waals surface area contributed by atoms with Gasteiger partial charge in [0.15, 0.2) is 0 Å². The molecule has 0 aromatic heterocycles. The fraction of sp³-hybridized carbons (Fsp3) is 0.176. The first-order valence-electron chi connectivity index (χ1n) is 6.61. The highest BCUT2D eigenvalue weighted by Gasteiger charge is 2.17. The second-order valence-electron chi connectivity index (χ2n) is 4.64. The van der Waals surface area contributed by atoms with Gasteiger partial charge in [0, 0.05) is 5.56 Å². The van der Waals surface area contributed by atoms with Gasteiger partial charge >= 0.3 is 0 Å². The zero-order valence-corrected chi connectivity index (χ0v) is 10.8. The SMILES string of the molecule is NCCC=C1c2ccccc2COc2ccccc21. The summed E-state index contributed by atoms with van der Waals surface area (Å²) in [6, 6.07) is 16.6. The molecule has 0 bridgehead atoms. The van der Waals surface area contributed by atoms with Gasteiger partial charge in [0.25, 0.3) is 0 Å². The van der Waals surface area contributed by atoms with Crippen LogP contribution >= 0.6 is 0 Å². The van der Waals surface area contributed by atoms with Gasteiger partial charge in [-0.2, -0.15) is 0 Å². The molecule has 0 spiro atoms. The summed E-state index contributed by atoms with van der Waals surface area (Å²) in [6.45, 7) is 1.28. The lowest BCUT2D eigenvalue weighted by molar-refractivity contribution is 0.307. The van der Waals surface area contributed by atoms with E-state index in [0.717, 1.165) is 17.7 Å². The van der Waals surface area contributed by atoms with E-state index in [9.17, 15) is 0 Å². The molecule has 2 heteroatoms. The van der Waals surface area contributed by atoms with Gasteiger partial charge in [0.1, 0.15) is 12.4 Å². The normalized spacial score (nSPS) is 15.3. The Bertz CT molecular complexity index is 567. The van der Waals surface area contributed by atoms with E-state index in [4.69, 9.17) is 10.5 Å². The summed E-state index contributed by atoms with van der Waals surface area (Å²) < 4.78 is 5.91. The van der Waals surface area contributed by atoms with Gasteiger partial charge in [-0.3, -0.25) is 0 Å². The molecule has 2 N–H and O–H groups in total. The number of hydrogen-bond donors (Lipinski definition) is 1. The Balaban J connectivity index is 2.19. The lowest BCUT2D eigenvalue weighted by Crippen LogP contribution is -1.97. The number of fused-ring (bicyclic) bond motifs is 2. The van der Waals surface area contributed by atoms with Crippen molar-refractivity contribution in [1.82, 2.24) is 0 Å². The van der Waals surface area contributed by atoms with E-state index in [0.29, 0.717) is 13.2 Å². The maximum Gasteiger partial charge on any atom is 0.127 e. The van der Waals surface area contributed by atoms with Crippen molar-refractivity contribution in [3.63, 3.8) is 0 Å². The minimum atomic E-state index is 0.618. The highest BCUT2D eigenvalue weighted by Crippen LogP contribution is 2.36. The summed E-state index contributed by atoms with van der Waals surface area (Å²) >= 11 is 0. The van der Waals surface area contributed by atoms with Gasteiger partial charge in [-0.05, 0) is 35.7 Å². The predicted molar refractivity (Wildman–Crippen MR) is 78.0 cm³/mol. The molecule has 0 aliphatic carbocycles. The van der Waals surface area contributed by atoms with Crippen molar-refractivity contribution in [1.29, 1.82) is 0 Å². The standard InChI is InChI=1S/C17H17NO/c18-11-5-9-15-14-7-2-1-6-13(14)12-19-17-10-4-3-8-16(15)17/h1-4,6-10H,5,11-12,18H2. The monoisotopic (exact) mass is 251 g/mol. The van der Waals surface area contributed by atoms with Crippen LogP contribution in [-0.2, 0) is 6.61 Å². The third kappa shape index (κ3) is 2.27. The first kappa shape index (κ1) is 12.0. The van der Waals surface area contributed by atoms with E-state index < -0.39 is 0 Å². The van der Waals surface area contributed by atoms with Gasteiger partial charge in [-0.15, -0.1) is 0 Å². The molecule has 0 saturated carbocycles. The van der Waals surface area contributed by atoms with Crippen molar-refractivity contribution in [3.05, 3.63) is 71.3 Å². The van der Waals surface area contributed by atoms with Crippen LogP contribution in [0.1, 0.15) is 23.1 Å². The number of ether oxygens (including phenoxy) is 1. The molecule has 19 heavy (non-hydrogen) atoms. The van der Waals surface area contributed by atoms with Crippen LogP contribution in [0.4, 0.5) is 0 Å². The van der Waals surface area contributed by atoms with Crippen LogP contribution in [0.15, 0.2) is 54.6 Å². The number of nitrogens with two attached hydrogens (primary N) is 1. The Hall–Kier alpha value is -2.06. The Kier molecular flexibility index (Phi) is 3.34. The van der Waals surface area contributed by atoms with Crippen molar-refractivity contribution >= 4 is 5.57 Å². The Labute approximate surface area is 113 Å². The molecule has 0 atom stereocenters. The molecule has 1 aliphatic heterocycles. The zero-order chi connectivity index (χ0) is 13.1. The summed E-state index contributed by atoms with van der Waals surface area (Å²) in [5.74, 6) is 0.946. The number of rotatable bonds is 2. The van der Waals surface area contributed by atoms with Crippen LogP contribution in [0, 0.1) is 0 Å². The lowest BCUT2D eigenvalue weighted by atomic mass is 9.93. The molecule has 1 aliphatic rings. The second kappa shape index (κ2) is 5.29. The molecule has 96 valence electrons. The molecule has 2 aromatic carbocycles. The molecule has 3 rings (SSSR count). The van der Waals surface area contributed by atoms with Crippen molar-refractivity contribution in [2.45, 2.75) is 13.0 Å². The molecular weight excluding hydrogens is 234 g/mol. The molecule has 0 saturated heterocycles. The fourth-order valence-electron chi connectivity index (χ4n) is 2.47. The third-order valence-corrected chi connectivity index (χ3v) is 3.38. The molecule has 0 unspecified atom stereocenters. The number of hydrogen-bond acceptors (Lipinski definition) is 2. The van der Waals surface area contributed by atoms with Crippen LogP contribution in [0.25, 0.3) is 5.57 Å². The Morgan fingerprint density at radius 2 is 1.74 bits per heavy atom. The summed E-state index contributed by atoms with van der Waals surface area (Å²) in [6.07, 6.45) is 3.09. The minimum Gasteiger partial charge on any atom is -0.488 e. The highest BCUT2D eigenvalue weighted by molar-refractivity contribution is 5.84. The molecule has 0 amide bonds. The van der Waals surface area contributed by atoms with Crippen LogP contribution in [0.3, 0.4) is 0 Å². The van der Waals surface area contributed by atoms with Crippen LogP contribution in [-0.4, -0.2) is 6.54 Å². The van der Waals surface area contributed by atoms with Gasteiger partial charge < -0.3 is 10.5 Å². The van der Waals surface area contributed by atoms with Crippen LogP contribution in [0.5, 0.6) is 5.75 Å². The predicted octanol–water partition coefficient (Wildman–Crippen LogP) is 3.36. The topological polar surface area (TPSA) is 35.2 Å². The van der Waals surface area contributed by atoms with E-state index >= 15 is 0 Å². The first-order chi connectivity index (χ1) is 9.40. The summed E-state index contributed by atoms with van der Waals surface area (Å²) in [5, 5.41) is 0. The van der Waals surface area contributed by atoms with E-state index in [-0.39, 0.29) is 0 Å². The van der Waals surface area contributed by atoms with Gasteiger partial charge in [0.05, 0.1) is 0 Å². The van der Waals surface area contributed by atoms with Crippen LogP contribution in [0.2, 0.25) is 0 Å². The minimum absolute atomic E-state index is 0.618. The van der Waals surface area contributed by atoms with Crippen LogP contribution < -0.4 is 10.5 Å². The Morgan fingerprint density at radius 1 is 1.00 bits per heavy atom. The third-order valence-electron chi connectivity index (χ3n) is 3.38. The summed E-state index contributed by atoms with van der Waals surface area (Å²) in [7, 11) is 0. The van der Waals surface area contributed by atoms with E-state index in [1.54, 1.807) is 0 Å². The maximum atomic E-state index is 5.91. The first-order valence-corrected chi connectivity index (χ1v) is 6.61. The molecule has 1 heterocycles. The fourth-order valence-corrected chi connectivity index (χ4v) is 2.47. The summed E-state index contributed by atoms with van der Waals surface area (Å²) in [5.41, 5.74) is 10.5. The van der Waals surface area contributed by atoms with Gasteiger partial charge in [-0.1, -0.05) is 48.5 Å². The molecule has 2 nitrogen and oxygen atoms in total. The van der Waals surface area contributed by atoms with Gasteiger partial charge in [-0.25, -0.2) is 0 Å². The number of benzene rings is 2. The molecule has 0 fully saturated rings. The van der Waals surface area contributed by atoms with Crippen molar-refractivity contribution in [2.75, 3.05) is 6.54 Å². The summed E-state index contributed by atoms with van der Waals surface area (Å²) in [4.78, 5) is 0. The highest BCUT2D eigenvalue weighted by atomic mass is 16.5. The van der Waals surface area contributed by atoms with E-state index in [1.165, 1.54) is 16.7 Å².